The molecule has 0 aromatic rings. The van der Waals surface area contributed by atoms with Gasteiger partial charge in [0.05, 0.1) is 26.4 Å². The van der Waals surface area contributed by atoms with Crippen LogP contribution in [-0.2, 0) is 65.4 Å². The van der Waals surface area contributed by atoms with E-state index in [-0.39, 0.29) is 25.7 Å². The number of carbonyl (C=O) groups is 4. The molecule has 0 radical (unpaired) electrons. The van der Waals surface area contributed by atoms with Crippen LogP contribution in [0.3, 0.4) is 0 Å². The van der Waals surface area contributed by atoms with Gasteiger partial charge in [0.2, 0.25) is 0 Å². The van der Waals surface area contributed by atoms with Gasteiger partial charge in [-0.05, 0) is 122 Å². The Kier molecular flexibility index (Phi) is 70.8. The second-order valence-corrected chi connectivity index (χ2v) is 29.5. The van der Waals surface area contributed by atoms with Crippen LogP contribution in [0.15, 0.2) is 85.1 Å². The molecule has 19 heteroatoms. The molecule has 0 saturated carbocycles. The van der Waals surface area contributed by atoms with Crippen LogP contribution in [0.25, 0.3) is 0 Å². The molecule has 5 unspecified atom stereocenters. The summed E-state index contributed by atoms with van der Waals surface area (Å²) in [5.41, 5.74) is 0. The van der Waals surface area contributed by atoms with Gasteiger partial charge in [0.25, 0.3) is 0 Å². The van der Waals surface area contributed by atoms with Crippen molar-refractivity contribution in [2.45, 2.75) is 367 Å². The van der Waals surface area contributed by atoms with E-state index in [2.05, 4.69) is 113 Å². The number of phosphoric acid groups is 2. The van der Waals surface area contributed by atoms with E-state index < -0.39 is 97.5 Å². The van der Waals surface area contributed by atoms with Gasteiger partial charge in [-0.15, -0.1) is 0 Å². The third kappa shape index (κ3) is 72.6. The quantitative estimate of drug-likeness (QED) is 0.0169. The predicted octanol–water partition coefficient (Wildman–Crippen LogP) is 23.0. The van der Waals surface area contributed by atoms with Crippen LogP contribution in [0.4, 0.5) is 0 Å². The number of allylic oxidation sites excluding steroid dienone is 14. The molecule has 100 heavy (non-hydrogen) atoms. The Hall–Kier alpha value is -3.76. The molecular formula is C81H144O17P2. The van der Waals surface area contributed by atoms with Gasteiger partial charge in [0, 0.05) is 25.7 Å². The fraction of sp³-hybridized carbons (Fsp3) is 0.778. The number of carbonyl (C=O) groups excluding carboxylic acids is 4. The van der Waals surface area contributed by atoms with Crippen LogP contribution >= 0.6 is 15.6 Å². The summed E-state index contributed by atoms with van der Waals surface area (Å²) in [6.45, 7) is 4.72. The van der Waals surface area contributed by atoms with E-state index >= 15 is 0 Å². The molecule has 0 amide bonds. The molecule has 0 aliphatic carbocycles. The van der Waals surface area contributed by atoms with Crippen molar-refractivity contribution < 1.29 is 80.2 Å². The number of aliphatic hydroxyl groups excluding tert-OH is 1. The first kappa shape index (κ1) is 96.2. The van der Waals surface area contributed by atoms with Crippen LogP contribution in [-0.4, -0.2) is 96.7 Å². The number of unbranched alkanes of at least 4 members (excludes halogenated alkanes) is 35. The van der Waals surface area contributed by atoms with Gasteiger partial charge in [-0.1, -0.05) is 286 Å². The number of rotatable bonds is 75. The molecule has 0 bridgehead atoms. The maximum absolute atomic E-state index is 13.1. The number of ether oxygens (including phenoxy) is 4. The van der Waals surface area contributed by atoms with Crippen molar-refractivity contribution in [2.75, 3.05) is 39.6 Å². The van der Waals surface area contributed by atoms with Crippen molar-refractivity contribution in [3.05, 3.63) is 85.1 Å². The molecule has 0 aliphatic rings. The van der Waals surface area contributed by atoms with Gasteiger partial charge in [-0.2, -0.15) is 0 Å². The van der Waals surface area contributed by atoms with Gasteiger partial charge in [-0.3, -0.25) is 37.3 Å². The summed E-state index contributed by atoms with van der Waals surface area (Å²) in [5.74, 6) is -2.19. The molecule has 0 spiro atoms. The maximum atomic E-state index is 13.1. The van der Waals surface area contributed by atoms with Crippen molar-refractivity contribution in [1.82, 2.24) is 0 Å². The second-order valence-electron chi connectivity index (χ2n) is 26.6. The van der Waals surface area contributed by atoms with Crippen molar-refractivity contribution >= 4 is 39.5 Å². The number of hydrogen-bond donors (Lipinski definition) is 3. The summed E-state index contributed by atoms with van der Waals surface area (Å²) in [6.07, 6.45) is 75.5. The predicted molar refractivity (Wildman–Crippen MR) is 409 cm³/mol. The molecule has 5 atom stereocenters. The Morgan fingerprint density at radius 2 is 0.520 bits per heavy atom. The van der Waals surface area contributed by atoms with Gasteiger partial charge < -0.3 is 33.8 Å². The number of aliphatic hydroxyl groups is 1. The summed E-state index contributed by atoms with van der Waals surface area (Å²) in [5, 5.41) is 10.6. The molecule has 0 heterocycles. The lowest BCUT2D eigenvalue weighted by Crippen LogP contribution is -2.30. The average molecular weight is 1450 g/mol. The van der Waals surface area contributed by atoms with Crippen LogP contribution in [0.2, 0.25) is 0 Å². The highest BCUT2D eigenvalue weighted by Crippen LogP contribution is 2.45. The smallest absolute Gasteiger partial charge is 0.462 e. The van der Waals surface area contributed by atoms with Gasteiger partial charge in [0.15, 0.2) is 12.2 Å². The number of hydrogen-bond acceptors (Lipinski definition) is 15. The topological polar surface area (TPSA) is 237 Å². The fourth-order valence-corrected chi connectivity index (χ4v) is 12.3. The lowest BCUT2D eigenvalue weighted by Gasteiger charge is -2.21. The maximum Gasteiger partial charge on any atom is 0.472 e. The molecule has 0 rings (SSSR count). The van der Waals surface area contributed by atoms with Crippen LogP contribution in [0.5, 0.6) is 0 Å². The standard InChI is InChI=1S/C81H144O17P2/c1-5-9-13-17-21-25-29-33-36-37-40-43-46-50-54-58-62-66-79(84)92-71-76(97-80(85)67-63-59-55-51-47-41-32-28-24-20-16-12-8-4)73-95-99(87,88)93-69-75(82)70-94-100(89,90)96-74-77(98-81(86)68-64-60-56-52-48-44-39-35-31-27-23-19-15-11-7-3)72-91-78(83)65-61-57-53-49-45-42-38-34-30-26-22-18-14-10-6-2/h9,13,21-23,25-27,33-36,38-39,75-77,82H,5-8,10-12,14-20,24,28-32,37,40-74H2,1-4H3,(H,87,88)(H,89,90)/b13-9-,25-21-,26-22-,27-23-,36-33-,38-34-,39-35-. The highest BCUT2D eigenvalue weighted by Gasteiger charge is 2.30. The summed E-state index contributed by atoms with van der Waals surface area (Å²) in [7, 11) is -9.95. The molecule has 3 N–H and O–H groups in total. The zero-order valence-electron chi connectivity index (χ0n) is 63.4. The van der Waals surface area contributed by atoms with E-state index in [0.717, 1.165) is 180 Å². The minimum absolute atomic E-state index is 0.0777. The molecular weight excluding hydrogens is 1310 g/mol. The third-order valence-corrected chi connectivity index (χ3v) is 18.7. The lowest BCUT2D eigenvalue weighted by atomic mass is 10.0. The normalized spacial score (nSPS) is 14.3. The minimum atomic E-state index is -4.98. The molecule has 0 aliphatic heterocycles. The van der Waals surface area contributed by atoms with Crippen LogP contribution in [0, 0.1) is 0 Å². The van der Waals surface area contributed by atoms with Crippen molar-refractivity contribution in [2.24, 2.45) is 0 Å². The first-order valence-electron chi connectivity index (χ1n) is 39.8. The monoisotopic (exact) mass is 1450 g/mol. The Labute approximate surface area is 608 Å². The highest BCUT2D eigenvalue weighted by molar-refractivity contribution is 7.47. The van der Waals surface area contributed by atoms with Crippen molar-refractivity contribution in [3.63, 3.8) is 0 Å². The number of phosphoric ester groups is 2. The van der Waals surface area contributed by atoms with Crippen LogP contribution in [0.1, 0.15) is 349 Å². The molecule has 0 aromatic heterocycles. The van der Waals surface area contributed by atoms with Gasteiger partial charge in [-0.25, -0.2) is 9.13 Å². The van der Waals surface area contributed by atoms with Gasteiger partial charge in [0.1, 0.15) is 19.3 Å². The fourth-order valence-electron chi connectivity index (χ4n) is 10.8. The molecule has 0 fully saturated rings. The van der Waals surface area contributed by atoms with E-state index in [1.807, 2.05) is 0 Å². The van der Waals surface area contributed by atoms with E-state index in [1.165, 1.54) is 89.9 Å². The van der Waals surface area contributed by atoms with Crippen molar-refractivity contribution in [1.29, 1.82) is 0 Å². The third-order valence-electron chi connectivity index (χ3n) is 16.8. The molecule has 17 nitrogen and oxygen atoms in total. The summed E-state index contributed by atoms with van der Waals surface area (Å²) < 4.78 is 68.6. The summed E-state index contributed by atoms with van der Waals surface area (Å²) in [6, 6.07) is 0. The molecule has 0 aromatic carbocycles. The molecule has 0 saturated heterocycles. The summed E-state index contributed by atoms with van der Waals surface area (Å²) in [4.78, 5) is 73.0. The van der Waals surface area contributed by atoms with Gasteiger partial charge >= 0.3 is 39.5 Å². The Bertz CT molecular complexity index is 2230. The van der Waals surface area contributed by atoms with E-state index in [9.17, 15) is 43.2 Å². The van der Waals surface area contributed by atoms with Crippen molar-refractivity contribution in [3.8, 4) is 0 Å². The summed E-state index contributed by atoms with van der Waals surface area (Å²) >= 11 is 0. The number of esters is 4. The minimum Gasteiger partial charge on any atom is -0.462 e. The Balaban J connectivity index is 5.35. The first-order chi connectivity index (χ1) is 48.7. The second kappa shape index (κ2) is 73.5. The van der Waals surface area contributed by atoms with E-state index in [4.69, 9.17) is 37.0 Å². The Morgan fingerprint density at radius 3 is 0.820 bits per heavy atom. The zero-order chi connectivity index (χ0) is 73.2. The first-order valence-corrected chi connectivity index (χ1v) is 42.8. The van der Waals surface area contributed by atoms with E-state index in [1.54, 1.807) is 0 Å². The van der Waals surface area contributed by atoms with Crippen LogP contribution < -0.4 is 0 Å². The largest absolute Gasteiger partial charge is 0.472 e. The molecule has 580 valence electrons. The van der Waals surface area contributed by atoms with E-state index in [0.29, 0.717) is 25.7 Å². The lowest BCUT2D eigenvalue weighted by molar-refractivity contribution is -0.161. The Morgan fingerprint density at radius 1 is 0.290 bits per heavy atom. The SMILES string of the molecule is CC/C=C\C/C=C\C/C=C\CCCCCCCCCC(=O)OCC(COP(=O)(O)OCC(O)COP(=O)(O)OCC(COC(=O)CCCCCCC/C=C\C/C=C\CCCCC)OC(=O)CCCCCCC/C=C\C/C=C\CCCCC)OC(=O)CCCCCCCCCCCCCCC. The average Bonchev–Trinajstić information content (AvgIpc) is 0.965. The zero-order valence-corrected chi connectivity index (χ0v) is 65.2. The highest BCUT2D eigenvalue weighted by atomic mass is 31.2.